The van der Waals surface area contributed by atoms with Gasteiger partial charge in [-0.15, -0.1) is 0 Å². The molecular formula is C27H22N2O7. The number of rotatable bonds is 7. The molecule has 1 heterocycles. The number of nitrogens with one attached hydrogen (secondary N) is 1. The van der Waals surface area contributed by atoms with Crippen molar-refractivity contribution in [2.75, 3.05) is 7.11 Å². The number of carboxylic acid groups (broad SMARTS) is 1. The van der Waals surface area contributed by atoms with E-state index in [1.807, 2.05) is 0 Å². The summed E-state index contributed by atoms with van der Waals surface area (Å²) in [5, 5.41) is 31.9. The van der Waals surface area contributed by atoms with Gasteiger partial charge in [0, 0.05) is 11.8 Å². The van der Waals surface area contributed by atoms with Gasteiger partial charge in [-0.05, 0) is 59.2 Å². The molecule has 1 atom stereocenters. The minimum Gasteiger partial charge on any atom is -0.508 e. The van der Waals surface area contributed by atoms with E-state index in [0.29, 0.717) is 22.1 Å². The highest BCUT2D eigenvalue weighted by Crippen LogP contribution is 2.28. The Morgan fingerprint density at radius 1 is 0.917 bits per heavy atom. The Bertz CT molecular complexity index is 1470. The molecule has 0 saturated carbocycles. The number of benzene rings is 3. The van der Waals surface area contributed by atoms with Gasteiger partial charge in [0.2, 0.25) is 0 Å². The summed E-state index contributed by atoms with van der Waals surface area (Å²) in [5.74, 6) is -2.55. The molecule has 9 nitrogen and oxygen atoms in total. The van der Waals surface area contributed by atoms with E-state index in [1.54, 1.807) is 48.5 Å². The number of nitrogens with zero attached hydrogens (tertiary/aromatic N) is 1. The number of ether oxygens (including phenoxy) is 1. The van der Waals surface area contributed by atoms with Crippen LogP contribution >= 0.6 is 0 Å². The Labute approximate surface area is 205 Å². The number of carboxylic acids is 1. The maximum atomic E-state index is 13.0. The van der Waals surface area contributed by atoms with Crippen molar-refractivity contribution in [3.8, 4) is 22.6 Å². The second kappa shape index (κ2) is 10.1. The van der Waals surface area contributed by atoms with Crippen molar-refractivity contribution in [1.82, 2.24) is 10.3 Å². The third kappa shape index (κ3) is 5.25. The number of phenols is 2. The number of aromatic nitrogens is 1. The van der Waals surface area contributed by atoms with Crippen LogP contribution in [0.5, 0.6) is 11.5 Å². The van der Waals surface area contributed by atoms with Crippen molar-refractivity contribution in [1.29, 1.82) is 0 Å². The van der Waals surface area contributed by atoms with Crippen molar-refractivity contribution < 1.29 is 34.4 Å². The summed E-state index contributed by atoms with van der Waals surface area (Å²) < 4.78 is 4.81. The second-order valence-corrected chi connectivity index (χ2v) is 8.06. The first kappa shape index (κ1) is 24.2. The highest BCUT2D eigenvalue weighted by atomic mass is 16.5. The Balaban J connectivity index is 1.67. The summed E-state index contributed by atoms with van der Waals surface area (Å²) in [6, 6.07) is 17.7. The fourth-order valence-electron chi connectivity index (χ4n) is 3.82. The minimum atomic E-state index is -1.25. The van der Waals surface area contributed by atoms with Gasteiger partial charge in [-0.2, -0.15) is 0 Å². The number of methoxy groups -OCH3 is 1. The van der Waals surface area contributed by atoms with Crippen LogP contribution in [-0.2, 0) is 16.0 Å². The lowest BCUT2D eigenvalue weighted by atomic mass is 10.00. The first-order valence-electron chi connectivity index (χ1n) is 10.9. The van der Waals surface area contributed by atoms with Crippen LogP contribution in [0.2, 0.25) is 0 Å². The van der Waals surface area contributed by atoms with Crippen LogP contribution in [-0.4, -0.2) is 51.3 Å². The molecule has 0 saturated heterocycles. The van der Waals surface area contributed by atoms with Gasteiger partial charge < -0.3 is 25.4 Å². The van der Waals surface area contributed by atoms with Gasteiger partial charge in [0.05, 0.1) is 18.2 Å². The number of hydrogen-bond donors (Lipinski definition) is 4. The first-order chi connectivity index (χ1) is 17.2. The molecule has 0 spiro atoms. The molecule has 0 bridgehead atoms. The molecule has 4 rings (SSSR count). The molecule has 1 unspecified atom stereocenters. The van der Waals surface area contributed by atoms with E-state index >= 15 is 0 Å². The van der Waals surface area contributed by atoms with Crippen LogP contribution in [0.1, 0.15) is 26.4 Å². The lowest BCUT2D eigenvalue weighted by molar-refractivity contribution is -0.142. The van der Waals surface area contributed by atoms with Crippen molar-refractivity contribution in [3.63, 3.8) is 0 Å². The molecule has 0 aliphatic rings. The Kier molecular flexibility index (Phi) is 6.82. The first-order valence-corrected chi connectivity index (χ1v) is 10.9. The number of esters is 1. The normalized spacial score (nSPS) is 11.6. The summed E-state index contributed by atoms with van der Waals surface area (Å²) in [4.78, 5) is 41.7. The number of carbonyl (C=O) groups excluding carboxylic acids is 2. The predicted molar refractivity (Wildman–Crippen MR) is 131 cm³/mol. The number of aromatic carboxylic acids is 1. The van der Waals surface area contributed by atoms with Gasteiger partial charge in [0.25, 0.3) is 5.91 Å². The number of aromatic hydroxyl groups is 2. The number of fused-ring (bicyclic) bond motifs is 1. The average molecular weight is 486 g/mol. The van der Waals surface area contributed by atoms with E-state index in [4.69, 9.17) is 4.74 Å². The van der Waals surface area contributed by atoms with Gasteiger partial charge in [-0.1, -0.05) is 30.3 Å². The number of hydrogen-bond acceptors (Lipinski definition) is 7. The largest absolute Gasteiger partial charge is 0.508 e. The van der Waals surface area contributed by atoms with Crippen molar-refractivity contribution >= 4 is 28.7 Å². The Morgan fingerprint density at radius 3 is 2.31 bits per heavy atom. The molecule has 4 N–H and O–H groups in total. The van der Waals surface area contributed by atoms with Gasteiger partial charge in [-0.3, -0.25) is 4.79 Å². The highest BCUT2D eigenvalue weighted by Gasteiger charge is 2.25. The van der Waals surface area contributed by atoms with E-state index in [1.165, 1.54) is 25.3 Å². The Morgan fingerprint density at radius 2 is 1.64 bits per heavy atom. The molecule has 0 radical (unpaired) electrons. The standard InChI is InChI=1S/C27H22N2O7/c1-36-27(35)24(11-15-5-8-18(30)9-6-15)29-25(32)23-14-21(26(33)34)20-13-17(7-10-22(20)28-23)16-3-2-4-19(31)12-16/h2-10,12-14,24,30-31H,11H2,1H3,(H,29,32)(H,33,34). The summed E-state index contributed by atoms with van der Waals surface area (Å²) in [6.45, 7) is 0. The van der Waals surface area contributed by atoms with Crippen LogP contribution in [0.4, 0.5) is 0 Å². The van der Waals surface area contributed by atoms with Crippen molar-refractivity contribution in [3.05, 3.63) is 89.6 Å². The summed E-state index contributed by atoms with van der Waals surface area (Å²) >= 11 is 0. The number of phenolic OH excluding ortho intramolecular Hbond substituents is 2. The monoisotopic (exact) mass is 486 g/mol. The summed E-state index contributed by atoms with van der Waals surface area (Å²) in [5.41, 5.74) is 1.98. The van der Waals surface area contributed by atoms with Gasteiger partial charge in [0.15, 0.2) is 0 Å². The molecule has 0 fully saturated rings. The zero-order valence-electron chi connectivity index (χ0n) is 19.1. The molecule has 4 aromatic rings. The quantitative estimate of drug-likeness (QED) is 0.290. The average Bonchev–Trinajstić information content (AvgIpc) is 2.87. The lowest BCUT2D eigenvalue weighted by Crippen LogP contribution is -2.43. The molecule has 3 aromatic carbocycles. The Hall–Kier alpha value is -4.92. The van der Waals surface area contributed by atoms with Crippen molar-refractivity contribution in [2.24, 2.45) is 0 Å². The fourth-order valence-corrected chi connectivity index (χ4v) is 3.82. The van der Waals surface area contributed by atoms with Gasteiger partial charge in [-0.25, -0.2) is 14.6 Å². The SMILES string of the molecule is COC(=O)C(Cc1ccc(O)cc1)NC(=O)c1cc(C(=O)O)c2cc(-c3cccc(O)c3)ccc2n1. The van der Waals surface area contributed by atoms with Crippen molar-refractivity contribution in [2.45, 2.75) is 12.5 Å². The van der Waals surface area contributed by atoms with E-state index in [9.17, 15) is 29.7 Å². The smallest absolute Gasteiger partial charge is 0.336 e. The fraction of sp³-hybridized carbons (Fsp3) is 0.111. The van der Waals surface area contributed by atoms with Gasteiger partial charge in [0.1, 0.15) is 23.2 Å². The molecule has 182 valence electrons. The molecule has 0 aliphatic carbocycles. The topological polar surface area (TPSA) is 146 Å². The minimum absolute atomic E-state index is 0.0613. The summed E-state index contributed by atoms with van der Waals surface area (Å²) in [6.07, 6.45) is 0.0886. The predicted octanol–water partition coefficient (Wildman–Crippen LogP) is 3.53. The molecule has 9 heteroatoms. The maximum absolute atomic E-state index is 13.0. The maximum Gasteiger partial charge on any atom is 0.336 e. The molecule has 1 amide bonds. The molecule has 0 aliphatic heterocycles. The molecule has 36 heavy (non-hydrogen) atoms. The lowest BCUT2D eigenvalue weighted by Gasteiger charge is -2.17. The van der Waals surface area contributed by atoms with E-state index < -0.39 is 23.9 Å². The van der Waals surface area contributed by atoms with E-state index in [-0.39, 0.29) is 34.7 Å². The summed E-state index contributed by atoms with van der Waals surface area (Å²) in [7, 11) is 1.19. The van der Waals surface area contributed by atoms with Crippen LogP contribution in [0.3, 0.4) is 0 Å². The van der Waals surface area contributed by atoms with Crippen LogP contribution in [0.15, 0.2) is 72.8 Å². The third-order valence-electron chi connectivity index (χ3n) is 5.62. The second-order valence-electron chi connectivity index (χ2n) is 8.06. The van der Waals surface area contributed by atoms with Crippen LogP contribution < -0.4 is 5.32 Å². The number of carbonyl (C=O) groups is 3. The highest BCUT2D eigenvalue weighted by molar-refractivity contribution is 6.07. The third-order valence-corrected chi connectivity index (χ3v) is 5.62. The van der Waals surface area contributed by atoms with Crippen LogP contribution in [0, 0.1) is 0 Å². The van der Waals surface area contributed by atoms with Gasteiger partial charge >= 0.3 is 11.9 Å². The number of pyridine rings is 1. The molecular weight excluding hydrogens is 464 g/mol. The zero-order valence-corrected chi connectivity index (χ0v) is 19.1. The molecule has 1 aromatic heterocycles. The van der Waals surface area contributed by atoms with E-state index in [2.05, 4.69) is 10.3 Å². The zero-order chi connectivity index (χ0) is 25.8. The number of amides is 1. The van der Waals surface area contributed by atoms with Crippen LogP contribution in [0.25, 0.3) is 22.0 Å². The van der Waals surface area contributed by atoms with E-state index in [0.717, 1.165) is 6.07 Å².